The zero-order valence-corrected chi connectivity index (χ0v) is 14.7. The molecule has 1 heterocycles. The van der Waals surface area contributed by atoms with Crippen LogP contribution in [-0.4, -0.2) is 76.2 Å². The second-order valence-corrected chi connectivity index (χ2v) is 9.46. The normalized spacial score (nSPS) is 24.3. The molecule has 0 saturated carbocycles. The quantitative estimate of drug-likeness (QED) is 0.690. The van der Waals surface area contributed by atoms with Gasteiger partial charge in [0, 0.05) is 14.1 Å². The molecule has 1 aromatic carbocycles. The van der Waals surface area contributed by atoms with E-state index in [1.54, 1.807) is 0 Å². The molecule has 1 saturated heterocycles. The monoisotopic (exact) mass is 364 g/mol. The van der Waals surface area contributed by atoms with Crippen LogP contribution in [0.25, 0.3) is 0 Å². The second-order valence-electron chi connectivity index (χ2n) is 5.51. The summed E-state index contributed by atoms with van der Waals surface area (Å²) >= 11 is 0. The molecule has 1 aliphatic rings. The molecular formula is C13H20N2O6S2. The predicted octanol–water partition coefficient (Wildman–Crippen LogP) is -0.680. The summed E-state index contributed by atoms with van der Waals surface area (Å²) in [5.41, 5.74) is 0. The molecule has 0 radical (unpaired) electrons. The van der Waals surface area contributed by atoms with Gasteiger partial charge in [-0.25, -0.2) is 21.8 Å². The lowest BCUT2D eigenvalue weighted by Crippen LogP contribution is -2.53. The van der Waals surface area contributed by atoms with Gasteiger partial charge in [0.15, 0.2) is 9.84 Å². The largest absolute Gasteiger partial charge is 0.497 e. The van der Waals surface area contributed by atoms with Crippen LogP contribution in [-0.2, 0) is 19.9 Å². The summed E-state index contributed by atoms with van der Waals surface area (Å²) in [6.45, 7) is 0. The van der Waals surface area contributed by atoms with E-state index in [1.165, 1.54) is 50.5 Å². The molecule has 1 fully saturated rings. The lowest BCUT2D eigenvalue weighted by atomic mass is 10.2. The fourth-order valence-corrected chi connectivity index (χ4v) is 6.12. The van der Waals surface area contributed by atoms with Gasteiger partial charge in [0.25, 0.3) is 10.0 Å². The maximum atomic E-state index is 12.9. The van der Waals surface area contributed by atoms with Crippen LogP contribution >= 0.6 is 0 Å². The Morgan fingerprint density at radius 2 is 1.74 bits per heavy atom. The first-order valence-electron chi connectivity index (χ1n) is 6.83. The topological polar surface area (TPSA) is 104 Å². The number of benzene rings is 1. The van der Waals surface area contributed by atoms with Crippen molar-refractivity contribution in [2.24, 2.45) is 0 Å². The number of aliphatic hydroxyl groups is 1. The van der Waals surface area contributed by atoms with Gasteiger partial charge in [-0.3, -0.25) is 0 Å². The number of rotatable bonds is 5. The molecule has 1 aromatic rings. The maximum Gasteiger partial charge on any atom is 0.256 e. The zero-order chi connectivity index (χ0) is 17.4. The van der Waals surface area contributed by atoms with Gasteiger partial charge in [0.05, 0.1) is 35.7 Å². The zero-order valence-electron chi connectivity index (χ0n) is 13.1. The van der Waals surface area contributed by atoms with Gasteiger partial charge in [-0.1, -0.05) is 0 Å². The van der Waals surface area contributed by atoms with E-state index < -0.39 is 43.5 Å². The number of nitrogens with zero attached hydrogens (tertiary/aromatic N) is 2. The predicted molar refractivity (Wildman–Crippen MR) is 84.2 cm³/mol. The number of hydrogen-bond acceptors (Lipinski definition) is 7. The Labute approximate surface area is 136 Å². The molecule has 1 N–H and O–H groups in total. The summed E-state index contributed by atoms with van der Waals surface area (Å²) in [6.07, 6.45) is -1.27. The number of methoxy groups -OCH3 is 1. The Morgan fingerprint density at radius 3 is 2.13 bits per heavy atom. The highest BCUT2D eigenvalue weighted by atomic mass is 32.2. The van der Waals surface area contributed by atoms with Crippen molar-refractivity contribution in [1.82, 2.24) is 9.42 Å². The minimum atomic E-state index is -4.01. The maximum absolute atomic E-state index is 12.9. The van der Waals surface area contributed by atoms with Gasteiger partial charge in [0.2, 0.25) is 0 Å². The first kappa shape index (κ1) is 18.1. The Balaban J connectivity index is 2.43. The van der Waals surface area contributed by atoms with Crippen LogP contribution in [0.4, 0.5) is 0 Å². The van der Waals surface area contributed by atoms with E-state index in [2.05, 4.69) is 0 Å². The Morgan fingerprint density at radius 1 is 1.17 bits per heavy atom. The van der Waals surface area contributed by atoms with E-state index >= 15 is 0 Å². The number of aliphatic hydroxyl groups excluding tert-OH is 1. The summed E-state index contributed by atoms with van der Waals surface area (Å²) in [7, 11) is -3.05. The lowest BCUT2D eigenvalue weighted by Gasteiger charge is -2.34. The Bertz CT molecular complexity index is 758. The third-order valence-corrected chi connectivity index (χ3v) is 7.23. The van der Waals surface area contributed by atoms with Crippen molar-refractivity contribution in [2.75, 3.05) is 32.7 Å². The van der Waals surface area contributed by atoms with E-state index in [9.17, 15) is 21.9 Å². The third-order valence-electron chi connectivity index (χ3n) is 3.58. The van der Waals surface area contributed by atoms with Gasteiger partial charge < -0.3 is 9.84 Å². The summed E-state index contributed by atoms with van der Waals surface area (Å²) in [4.78, 5) is -0.0107. The molecule has 0 bridgehead atoms. The fraction of sp³-hybridized carbons (Fsp3) is 0.538. The van der Waals surface area contributed by atoms with Gasteiger partial charge >= 0.3 is 0 Å². The Kier molecular flexibility index (Phi) is 5.02. The molecule has 0 spiro atoms. The van der Waals surface area contributed by atoms with Crippen molar-refractivity contribution in [1.29, 1.82) is 0 Å². The second kappa shape index (κ2) is 6.36. The van der Waals surface area contributed by atoms with E-state index in [1.807, 2.05) is 0 Å². The van der Waals surface area contributed by atoms with Crippen molar-refractivity contribution >= 4 is 19.9 Å². The third kappa shape index (κ3) is 3.66. The minimum Gasteiger partial charge on any atom is -0.497 e. The molecule has 2 atom stereocenters. The van der Waals surface area contributed by atoms with Gasteiger partial charge in [-0.15, -0.1) is 4.41 Å². The molecule has 8 nitrogen and oxygen atoms in total. The molecule has 130 valence electrons. The van der Waals surface area contributed by atoms with Crippen LogP contribution in [0.2, 0.25) is 0 Å². The summed E-state index contributed by atoms with van der Waals surface area (Å²) in [5, 5.41) is 11.3. The highest BCUT2D eigenvalue weighted by Gasteiger charge is 2.46. The van der Waals surface area contributed by atoms with Crippen LogP contribution in [0.15, 0.2) is 29.2 Å². The van der Waals surface area contributed by atoms with Gasteiger partial charge in [-0.2, -0.15) is 0 Å². The van der Waals surface area contributed by atoms with E-state index in [0.29, 0.717) is 5.75 Å². The molecule has 23 heavy (non-hydrogen) atoms. The number of sulfone groups is 1. The number of ether oxygens (including phenoxy) is 1. The van der Waals surface area contributed by atoms with Crippen LogP contribution in [0.3, 0.4) is 0 Å². The summed E-state index contributed by atoms with van der Waals surface area (Å²) in [5.74, 6) is -0.356. The van der Waals surface area contributed by atoms with Crippen molar-refractivity contribution in [3.63, 3.8) is 0 Å². The number of sulfonamides is 1. The fourth-order valence-electron chi connectivity index (χ4n) is 2.57. The van der Waals surface area contributed by atoms with Crippen molar-refractivity contribution in [2.45, 2.75) is 17.0 Å². The van der Waals surface area contributed by atoms with E-state index in [0.717, 1.165) is 4.41 Å². The lowest BCUT2D eigenvalue weighted by molar-refractivity contribution is 0.0272. The standard InChI is InChI=1S/C13H20N2O6S2/c1-14(2)15(12-8-22(17,18)9-13(12)16)23(19,20)11-6-4-10(21-3)5-7-11/h4-7,12-13,16H,8-9H2,1-3H3/t12-,13+/m0/s1. The van der Waals surface area contributed by atoms with Gasteiger partial charge in [-0.05, 0) is 24.3 Å². The van der Waals surface area contributed by atoms with Crippen LogP contribution in [0.5, 0.6) is 5.75 Å². The molecule has 0 amide bonds. The van der Waals surface area contributed by atoms with E-state index in [4.69, 9.17) is 4.74 Å². The molecular weight excluding hydrogens is 344 g/mol. The summed E-state index contributed by atoms with van der Waals surface area (Å²) in [6, 6.07) is 4.70. The summed E-state index contributed by atoms with van der Waals surface area (Å²) < 4.78 is 55.0. The van der Waals surface area contributed by atoms with Crippen molar-refractivity contribution < 1.29 is 26.7 Å². The number of hydrogen-bond donors (Lipinski definition) is 1. The van der Waals surface area contributed by atoms with Crippen molar-refractivity contribution in [3.8, 4) is 5.75 Å². The molecule has 1 aliphatic heterocycles. The molecule has 2 rings (SSSR count). The highest BCUT2D eigenvalue weighted by molar-refractivity contribution is 7.92. The molecule has 0 unspecified atom stereocenters. The van der Waals surface area contributed by atoms with Crippen molar-refractivity contribution in [3.05, 3.63) is 24.3 Å². The smallest absolute Gasteiger partial charge is 0.256 e. The Hall–Kier alpha value is -1.20. The van der Waals surface area contributed by atoms with E-state index in [-0.39, 0.29) is 4.90 Å². The first-order chi connectivity index (χ1) is 10.6. The van der Waals surface area contributed by atoms with Crippen LogP contribution in [0, 0.1) is 0 Å². The molecule has 0 aliphatic carbocycles. The SMILES string of the molecule is COc1ccc(S(=O)(=O)N([C@H]2CS(=O)(=O)C[C@H]2O)N(C)C)cc1. The highest BCUT2D eigenvalue weighted by Crippen LogP contribution is 2.27. The van der Waals surface area contributed by atoms with Crippen LogP contribution < -0.4 is 4.74 Å². The van der Waals surface area contributed by atoms with Gasteiger partial charge in [0.1, 0.15) is 5.75 Å². The average molecular weight is 364 g/mol. The average Bonchev–Trinajstić information content (AvgIpc) is 2.71. The number of hydrazine groups is 1. The first-order valence-corrected chi connectivity index (χ1v) is 10.1. The minimum absolute atomic E-state index is 0.0107. The molecule has 0 aromatic heterocycles. The van der Waals surface area contributed by atoms with Crippen LogP contribution in [0.1, 0.15) is 0 Å². The molecule has 10 heteroatoms.